The molecule has 14 heavy (non-hydrogen) atoms. The summed E-state index contributed by atoms with van der Waals surface area (Å²) < 4.78 is 6.03. The highest BCUT2D eigenvalue weighted by atomic mass is 79.9. The minimum atomic E-state index is 0.0958. The molecule has 76 valence electrons. The molecule has 0 aliphatic heterocycles. The Bertz CT molecular complexity index is 342. The highest BCUT2D eigenvalue weighted by Gasteiger charge is 2.44. The Morgan fingerprint density at radius 3 is 2.64 bits per heavy atom. The number of rotatable bonds is 3. The maximum absolute atomic E-state index is 6.03. The molecule has 1 saturated carbocycles. The molecule has 1 fully saturated rings. The number of ether oxygens (including phenoxy) is 1. The van der Waals surface area contributed by atoms with Crippen LogP contribution in [-0.2, 0) is 0 Å². The summed E-state index contributed by atoms with van der Waals surface area (Å²) in [5.74, 6) is 1.04. The van der Waals surface area contributed by atoms with E-state index in [1.165, 1.54) is 24.0 Å². The van der Waals surface area contributed by atoms with Crippen molar-refractivity contribution in [2.75, 3.05) is 5.33 Å². The third kappa shape index (κ3) is 1.95. The Labute approximate surface area is 93.6 Å². The minimum Gasteiger partial charge on any atom is -0.486 e. The molecule has 0 aromatic heterocycles. The molecule has 1 aliphatic carbocycles. The third-order valence-corrected chi connectivity index (χ3v) is 3.74. The number of benzene rings is 1. The number of halogens is 1. The molecule has 0 unspecified atom stereocenters. The molecule has 0 saturated heterocycles. The van der Waals surface area contributed by atoms with Crippen molar-refractivity contribution in [2.24, 2.45) is 0 Å². The Hall–Kier alpha value is -0.500. The van der Waals surface area contributed by atoms with Gasteiger partial charge in [0.1, 0.15) is 11.4 Å². The molecule has 1 aliphatic rings. The number of hydrogen-bond donors (Lipinski definition) is 0. The van der Waals surface area contributed by atoms with E-state index in [0.717, 1.165) is 11.1 Å². The van der Waals surface area contributed by atoms with Gasteiger partial charge in [-0.2, -0.15) is 0 Å². The quantitative estimate of drug-likeness (QED) is 0.750. The van der Waals surface area contributed by atoms with Crippen LogP contribution in [0.4, 0.5) is 0 Å². The lowest BCUT2D eigenvalue weighted by molar-refractivity contribution is 0.205. The van der Waals surface area contributed by atoms with Crippen LogP contribution in [0.1, 0.15) is 24.0 Å². The smallest absolute Gasteiger partial charge is 0.123 e. The zero-order chi connectivity index (χ0) is 10.2. The first kappa shape index (κ1) is 10.0. The first-order chi connectivity index (χ1) is 6.65. The largest absolute Gasteiger partial charge is 0.486 e. The van der Waals surface area contributed by atoms with Gasteiger partial charge in [-0.25, -0.2) is 0 Å². The molecule has 0 amide bonds. The molecular weight excluding hydrogens is 240 g/mol. The van der Waals surface area contributed by atoms with Gasteiger partial charge in [-0.15, -0.1) is 0 Å². The summed E-state index contributed by atoms with van der Waals surface area (Å²) in [7, 11) is 0. The van der Waals surface area contributed by atoms with Crippen LogP contribution in [0.5, 0.6) is 5.75 Å². The van der Waals surface area contributed by atoms with Crippen molar-refractivity contribution in [2.45, 2.75) is 32.3 Å². The number of hydrogen-bond acceptors (Lipinski definition) is 1. The van der Waals surface area contributed by atoms with Crippen molar-refractivity contribution in [1.29, 1.82) is 0 Å². The lowest BCUT2D eigenvalue weighted by Gasteiger charge is -2.17. The molecule has 0 heterocycles. The van der Waals surface area contributed by atoms with Crippen LogP contribution in [0.2, 0.25) is 0 Å². The first-order valence-corrected chi connectivity index (χ1v) is 6.10. The van der Waals surface area contributed by atoms with Gasteiger partial charge in [-0.3, -0.25) is 0 Å². The van der Waals surface area contributed by atoms with Crippen LogP contribution < -0.4 is 4.74 Å². The zero-order valence-electron chi connectivity index (χ0n) is 8.64. The normalized spacial score (nSPS) is 17.9. The van der Waals surface area contributed by atoms with Crippen molar-refractivity contribution in [3.8, 4) is 5.75 Å². The first-order valence-electron chi connectivity index (χ1n) is 4.97. The monoisotopic (exact) mass is 254 g/mol. The second-order valence-electron chi connectivity index (χ2n) is 4.19. The number of alkyl halides is 1. The molecule has 1 nitrogen and oxygen atoms in total. The summed E-state index contributed by atoms with van der Waals surface area (Å²) in [5.41, 5.74) is 2.58. The van der Waals surface area contributed by atoms with E-state index in [1.54, 1.807) is 0 Å². The van der Waals surface area contributed by atoms with Gasteiger partial charge >= 0.3 is 0 Å². The van der Waals surface area contributed by atoms with Gasteiger partial charge in [0, 0.05) is 5.33 Å². The van der Waals surface area contributed by atoms with E-state index >= 15 is 0 Å². The Morgan fingerprint density at radius 2 is 2.07 bits per heavy atom. The summed E-state index contributed by atoms with van der Waals surface area (Å²) in [4.78, 5) is 0. The van der Waals surface area contributed by atoms with Gasteiger partial charge in [0.05, 0.1) is 0 Å². The highest BCUT2D eigenvalue weighted by molar-refractivity contribution is 9.09. The molecule has 1 aromatic rings. The van der Waals surface area contributed by atoms with Gasteiger partial charge in [-0.05, 0) is 43.9 Å². The van der Waals surface area contributed by atoms with Crippen molar-refractivity contribution >= 4 is 15.9 Å². The maximum Gasteiger partial charge on any atom is 0.123 e. The fraction of sp³-hybridized carbons (Fsp3) is 0.500. The lowest BCUT2D eigenvalue weighted by Crippen LogP contribution is -2.20. The van der Waals surface area contributed by atoms with Crippen LogP contribution in [0.25, 0.3) is 0 Å². The maximum atomic E-state index is 6.03. The van der Waals surface area contributed by atoms with E-state index in [-0.39, 0.29) is 5.60 Å². The average Bonchev–Trinajstić information content (AvgIpc) is 2.92. The molecule has 0 bridgehead atoms. The highest BCUT2D eigenvalue weighted by Crippen LogP contribution is 2.42. The topological polar surface area (TPSA) is 9.23 Å². The van der Waals surface area contributed by atoms with Crippen molar-refractivity contribution < 1.29 is 4.74 Å². The van der Waals surface area contributed by atoms with Crippen molar-refractivity contribution in [3.63, 3.8) is 0 Å². The molecular formula is C12H15BrO. The molecule has 0 atom stereocenters. The summed E-state index contributed by atoms with van der Waals surface area (Å²) in [6.45, 7) is 4.19. The van der Waals surface area contributed by atoms with E-state index in [1.807, 2.05) is 0 Å². The fourth-order valence-corrected chi connectivity index (χ4v) is 2.13. The van der Waals surface area contributed by atoms with E-state index < -0.39 is 0 Å². The molecule has 2 rings (SSSR count). The van der Waals surface area contributed by atoms with Crippen molar-refractivity contribution in [1.82, 2.24) is 0 Å². The number of aryl methyl sites for hydroxylation is 2. The molecule has 2 heteroatoms. The fourth-order valence-electron chi connectivity index (χ4n) is 1.45. The van der Waals surface area contributed by atoms with E-state index in [0.29, 0.717) is 0 Å². The lowest BCUT2D eigenvalue weighted by atomic mass is 10.1. The summed E-state index contributed by atoms with van der Waals surface area (Å²) >= 11 is 3.51. The molecule has 0 N–H and O–H groups in total. The Morgan fingerprint density at radius 1 is 1.36 bits per heavy atom. The predicted octanol–water partition coefficient (Wildman–Crippen LogP) is 3.61. The third-order valence-electron chi connectivity index (χ3n) is 2.72. The predicted molar refractivity (Wildman–Crippen MR) is 62.3 cm³/mol. The Balaban J connectivity index is 2.20. The van der Waals surface area contributed by atoms with Crippen LogP contribution in [-0.4, -0.2) is 10.9 Å². The van der Waals surface area contributed by atoms with Gasteiger partial charge in [0.15, 0.2) is 0 Å². The second-order valence-corrected chi connectivity index (χ2v) is 4.75. The van der Waals surface area contributed by atoms with Crippen LogP contribution in [0, 0.1) is 13.8 Å². The standard InChI is InChI=1S/C12H15BrO/c1-9-3-4-10(2)11(7-9)14-12(8-13)5-6-12/h3-4,7H,5-6,8H2,1-2H3. The average molecular weight is 255 g/mol. The van der Waals surface area contributed by atoms with Gasteiger partial charge in [0.25, 0.3) is 0 Å². The summed E-state index contributed by atoms with van der Waals surface area (Å²) in [6, 6.07) is 6.36. The zero-order valence-corrected chi connectivity index (χ0v) is 10.2. The van der Waals surface area contributed by atoms with Gasteiger partial charge in [-0.1, -0.05) is 28.1 Å². The Kier molecular flexibility index (Phi) is 2.56. The van der Waals surface area contributed by atoms with Crippen LogP contribution in [0.3, 0.4) is 0 Å². The molecule has 0 spiro atoms. The van der Waals surface area contributed by atoms with Crippen LogP contribution >= 0.6 is 15.9 Å². The van der Waals surface area contributed by atoms with Crippen molar-refractivity contribution in [3.05, 3.63) is 29.3 Å². The molecule has 1 aromatic carbocycles. The summed E-state index contributed by atoms with van der Waals surface area (Å²) in [5, 5.41) is 0.938. The SMILES string of the molecule is Cc1ccc(C)c(OC2(CBr)CC2)c1. The van der Waals surface area contributed by atoms with E-state index in [4.69, 9.17) is 4.74 Å². The van der Waals surface area contributed by atoms with Gasteiger partial charge < -0.3 is 4.74 Å². The minimum absolute atomic E-state index is 0.0958. The van der Waals surface area contributed by atoms with Gasteiger partial charge in [0.2, 0.25) is 0 Å². The van der Waals surface area contributed by atoms with E-state index in [9.17, 15) is 0 Å². The van der Waals surface area contributed by atoms with Crippen LogP contribution in [0.15, 0.2) is 18.2 Å². The summed E-state index contributed by atoms with van der Waals surface area (Å²) in [6.07, 6.45) is 2.34. The van der Waals surface area contributed by atoms with E-state index in [2.05, 4.69) is 48.0 Å². The molecule has 0 radical (unpaired) electrons. The second kappa shape index (κ2) is 3.58.